The van der Waals surface area contributed by atoms with Gasteiger partial charge in [-0.15, -0.1) is 0 Å². The molecule has 4 nitrogen and oxygen atoms in total. The zero-order chi connectivity index (χ0) is 13.8. The molecule has 1 saturated heterocycles. The van der Waals surface area contributed by atoms with Crippen molar-refractivity contribution >= 4 is 0 Å². The molecule has 2 N–H and O–H groups in total. The molecule has 2 atom stereocenters. The Balaban J connectivity index is 1.92. The van der Waals surface area contributed by atoms with Crippen LogP contribution in [0.1, 0.15) is 18.0 Å². The van der Waals surface area contributed by atoms with Crippen LogP contribution in [0.15, 0.2) is 24.3 Å². The van der Waals surface area contributed by atoms with Crippen LogP contribution in [0, 0.1) is 0 Å². The van der Waals surface area contributed by atoms with Crippen LogP contribution in [0.25, 0.3) is 0 Å². The average molecular weight is 263 g/mol. The Morgan fingerprint density at radius 1 is 1.47 bits per heavy atom. The van der Waals surface area contributed by atoms with E-state index in [4.69, 9.17) is 10.5 Å². The lowest BCUT2D eigenvalue weighted by atomic mass is 10.1. The second-order valence-electron chi connectivity index (χ2n) is 5.55. The normalized spacial score (nSPS) is 21.8. The number of likely N-dealkylation sites (N-methyl/N-ethyl adjacent to an activating group) is 1. The lowest BCUT2D eigenvalue weighted by molar-refractivity contribution is 0.260. The molecule has 1 heterocycles. The molecular formula is C15H25N3O. The SMILES string of the molecule is COc1cccc(C(N)CN2CCC(N(C)C)C2)c1. The molecule has 106 valence electrons. The first-order chi connectivity index (χ1) is 9.10. The predicted octanol–water partition coefficient (Wildman–Crippen LogP) is 1.33. The van der Waals surface area contributed by atoms with Gasteiger partial charge in [0, 0.05) is 25.2 Å². The topological polar surface area (TPSA) is 41.7 Å². The number of benzene rings is 1. The Hall–Kier alpha value is -1.10. The van der Waals surface area contributed by atoms with Crippen LogP contribution < -0.4 is 10.5 Å². The van der Waals surface area contributed by atoms with Crippen molar-refractivity contribution in [3.05, 3.63) is 29.8 Å². The summed E-state index contributed by atoms with van der Waals surface area (Å²) in [5.41, 5.74) is 7.46. The Morgan fingerprint density at radius 3 is 2.89 bits per heavy atom. The van der Waals surface area contributed by atoms with Crippen molar-refractivity contribution in [3.8, 4) is 5.75 Å². The summed E-state index contributed by atoms with van der Waals surface area (Å²) in [5, 5.41) is 0. The lowest BCUT2D eigenvalue weighted by Gasteiger charge is -2.23. The second kappa shape index (κ2) is 6.37. The fraction of sp³-hybridized carbons (Fsp3) is 0.600. The first-order valence-electron chi connectivity index (χ1n) is 6.88. The summed E-state index contributed by atoms with van der Waals surface area (Å²) in [4.78, 5) is 4.76. The first kappa shape index (κ1) is 14.3. The van der Waals surface area contributed by atoms with Gasteiger partial charge in [0.15, 0.2) is 0 Å². The van der Waals surface area contributed by atoms with Gasteiger partial charge in [0.05, 0.1) is 7.11 Å². The molecule has 1 aromatic rings. The molecule has 0 bridgehead atoms. The highest BCUT2D eigenvalue weighted by atomic mass is 16.5. The predicted molar refractivity (Wildman–Crippen MR) is 78.5 cm³/mol. The Kier molecular flexibility index (Phi) is 4.80. The maximum atomic E-state index is 6.31. The smallest absolute Gasteiger partial charge is 0.119 e. The molecule has 0 radical (unpaired) electrons. The fourth-order valence-electron chi connectivity index (χ4n) is 2.66. The fourth-order valence-corrected chi connectivity index (χ4v) is 2.66. The number of ether oxygens (including phenoxy) is 1. The van der Waals surface area contributed by atoms with E-state index in [1.54, 1.807) is 7.11 Å². The maximum absolute atomic E-state index is 6.31. The van der Waals surface area contributed by atoms with Crippen LogP contribution in [-0.4, -0.2) is 56.7 Å². The molecular weight excluding hydrogens is 238 g/mol. The molecule has 0 amide bonds. The Bertz CT molecular complexity index is 408. The van der Waals surface area contributed by atoms with Crippen molar-refractivity contribution in [2.75, 3.05) is 40.8 Å². The van der Waals surface area contributed by atoms with E-state index >= 15 is 0 Å². The van der Waals surface area contributed by atoms with Gasteiger partial charge >= 0.3 is 0 Å². The molecule has 19 heavy (non-hydrogen) atoms. The number of rotatable bonds is 5. The van der Waals surface area contributed by atoms with Crippen molar-refractivity contribution in [2.45, 2.75) is 18.5 Å². The molecule has 2 unspecified atom stereocenters. The molecule has 0 aliphatic carbocycles. The van der Waals surface area contributed by atoms with Gasteiger partial charge in [-0.25, -0.2) is 0 Å². The van der Waals surface area contributed by atoms with Gasteiger partial charge in [0.2, 0.25) is 0 Å². The largest absolute Gasteiger partial charge is 0.497 e. The average Bonchev–Trinajstić information content (AvgIpc) is 2.87. The van der Waals surface area contributed by atoms with Crippen molar-refractivity contribution in [1.82, 2.24) is 9.80 Å². The van der Waals surface area contributed by atoms with Crippen LogP contribution in [-0.2, 0) is 0 Å². The highest BCUT2D eigenvalue weighted by Crippen LogP contribution is 2.21. The zero-order valence-electron chi connectivity index (χ0n) is 12.2. The Labute approximate surface area is 116 Å². The molecule has 0 aromatic heterocycles. The standard InChI is InChI=1S/C15H25N3O/c1-17(2)13-7-8-18(10-13)11-15(16)12-5-4-6-14(9-12)19-3/h4-6,9,13,15H,7-8,10-11,16H2,1-3H3. The van der Waals surface area contributed by atoms with Crippen molar-refractivity contribution in [3.63, 3.8) is 0 Å². The number of methoxy groups -OCH3 is 1. The number of nitrogens with two attached hydrogens (primary N) is 1. The minimum atomic E-state index is 0.0519. The van der Waals surface area contributed by atoms with E-state index in [0.29, 0.717) is 6.04 Å². The van der Waals surface area contributed by atoms with Crippen LogP contribution in [0.4, 0.5) is 0 Å². The van der Waals surface area contributed by atoms with E-state index in [-0.39, 0.29) is 6.04 Å². The van der Waals surface area contributed by atoms with Crippen LogP contribution >= 0.6 is 0 Å². The van der Waals surface area contributed by atoms with Crippen molar-refractivity contribution in [1.29, 1.82) is 0 Å². The van der Waals surface area contributed by atoms with E-state index in [1.165, 1.54) is 6.42 Å². The third-order valence-corrected chi connectivity index (χ3v) is 3.95. The van der Waals surface area contributed by atoms with E-state index < -0.39 is 0 Å². The highest BCUT2D eigenvalue weighted by molar-refractivity contribution is 5.30. The Morgan fingerprint density at radius 2 is 2.26 bits per heavy atom. The van der Waals surface area contributed by atoms with Crippen LogP contribution in [0.5, 0.6) is 5.75 Å². The summed E-state index contributed by atoms with van der Waals surface area (Å²) in [6.07, 6.45) is 1.23. The van der Waals surface area contributed by atoms with Gasteiger partial charge in [-0.3, -0.25) is 4.90 Å². The number of likely N-dealkylation sites (tertiary alicyclic amines) is 1. The van der Waals surface area contributed by atoms with E-state index in [1.807, 2.05) is 18.2 Å². The van der Waals surface area contributed by atoms with Gasteiger partial charge in [-0.05, 0) is 44.8 Å². The quantitative estimate of drug-likeness (QED) is 0.870. The lowest BCUT2D eigenvalue weighted by Crippen LogP contribution is -2.34. The maximum Gasteiger partial charge on any atom is 0.119 e. The summed E-state index contributed by atoms with van der Waals surface area (Å²) >= 11 is 0. The third-order valence-electron chi connectivity index (χ3n) is 3.95. The van der Waals surface area contributed by atoms with Crippen LogP contribution in [0.3, 0.4) is 0 Å². The van der Waals surface area contributed by atoms with Gasteiger partial charge in [0.1, 0.15) is 5.75 Å². The number of hydrogen-bond acceptors (Lipinski definition) is 4. The van der Waals surface area contributed by atoms with E-state index in [2.05, 4.69) is 30.0 Å². The monoisotopic (exact) mass is 263 g/mol. The molecule has 1 fully saturated rings. The van der Waals surface area contributed by atoms with Gasteiger partial charge in [-0.2, -0.15) is 0 Å². The number of hydrogen-bond donors (Lipinski definition) is 1. The zero-order valence-corrected chi connectivity index (χ0v) is 12.2. The van der Waals surface area contributed by atoms with Gasteiger partial charge in [0.25, 0.3) is 0 Å². The summed E-state index contributed by atoms with van der Waals surface area (Å²) in [6.45, 7) is 3.17. The summed E-state index contributed by atoms with van der Waals surface area (Å²) in [6, 6.07) is 8.78. The molecule has 2 rings (SSSR count). The second-order valence-corrected chi connectivity index (χ2v) is 5.55. The van der Waals surface area contributed by atoms with Crippen molar-refractivity contribution < 1.29 is 4.74 Å². The van der Waals surface area contributed by atoms with E-state index in [9.17, 15) is 0 Å². The van der Waals surface area contributed by atoms with Gasteiger partial charge < -0.3 is 15.4 Å². The van der Waals surface area contributed by atoms with Gasteiger partial charge in [-0.1, -0.05) is 12.1 Å². The minimum absolute atomic E-state index is 0.0519. The molecule has 1 aliphatic heterocycles. The molecule has 0 saturated carbocycles. The first-order valence-corrected chi connectivity index (χ1v) is 6.88. The van der Waals surface area contributed by atoms with E-state index in [0.717, 1.165) is 30.9 Å². The highest BCUT2D eigenvalue weighted by Gasteiger charge is 2.25. The summed E-state index contributed by atoms with van der Waals surface area (Å²) in [7, 11) is 5.99. The molecule has 4 heteroatoms. The third kappa shape index (κ3) is 3.69. The summed E-state index contributed by atoms with van der Waals surface area (Å²) in [5.74, 6) is 0.875. The molecule has 1 aromatic carbocycles. The van der Waals surface area contributed by atoms with Crippen LogP contribution in [0.2, 0.25) is 0 Å². The van der Waals surface area contributed by atoms with Crippen molar-refractivity contribution in [2.24, 2.45) is 5.73 Å². The molecule has 0 spiro atoms. The molecule has 1 aliphatic rings. The number of nitrogens with zero attached hydrogens (tertiary/aromatic N) is 2. The summed E-state index contributed by atoms with van der Waals surface area (Å²) < 4.78 is 5.25. The minimum Gasteiger partial charge on any atom is -0.497 e.